The number of nitrogens with one attached hydrogen (secondary N) is 1. The highest BCUT2D eigenvalue weighted by Gasteiger charge is 2.26. The maximum Gasteiger partial charge on any atom is 0.251 e. The summed E-state index contributed by atoms with van der Waals surface area (Å²) < 4.78 is 0. The maximum atomic E-state index is 12.8. The Kier molecular flexibility index (Phi) is 6.37. The van der Waals surface area contributed by atoms with Gasteiger partial charge in [0.15, 0.2) is 0 Å². The van der Waals surface area contributed by atoms with E-state index < -0.39 is 0 Å². The minimum Gasteiger partial charge on any atom is -0.349 e. The number of fused-ring (bicyclic) bond motifs is 2. The molecule has 3 aromatic rings. The Morgan fingerprint density at radius 2 is 1.84 bits per heavy atom. The molecule has 166 valence electrons. The second kappa shape index (κ2) is 9.55. The van der Waals surface area contributed by atoms with Crippen molar-refractivity contribution in [3.8, 4) is 0 Å². The van der Waals surface area contributed by atoms with Crippen LogP contribution >= 0.6 is 11.3 Å². The van der Waals surface area contributed by atoms with Crippen LogP contribution in [0.1, 0.15) is 57.4 Å². The van der Waals surface area contributed by atoms with E-state index in [1.807, 2.05) is 17.6 Å². The molecule has 0 saturated heterocycles. The van der Waals surface area contributed by atoms with Crippen LogP contribution in [-0.2, 0) is 32.2 Å². The highest BCUT2D eigenvalue weighted by Crippen LogP contribution is 2.28. The predicted molar refractivity (Wildman–Crippen MR) is 130 cm³/mol. The predicted octanol–water partition coefficient (Wildman–Crippen LogP) is 4.81. The molecule has 1 heterocycles. The van der Waals surface area contributed by atoms with Gasteiger partial charge in [-0.2, -0.15) is 0 Å². The van der Waals surface area contributed by atoms with E-state index in [4.69, 9.17) is 0 Å². The van der Waals surface area contributed by atoms with Crippen LogP contribution < -0.4 is 5.32 Å². The minimum atomic E-state index is 0.0322. The number of carbonyl (C=O) groups is 1. The van der Waals surface area contributed by atoms with Gasteiger partial charge in [0, 0.05) is 29.1 Å². The molecular formula is C27H31N3OS. The smallest absolute Gasteiger partial charge is 0.251 e. The summed E-state index contributed by atoms with van der Waals surface area (Å²) in [5, 5.41) is 3.23. The van der Waals surface area contributed by atoms with Crippen molar-refractivity contribution in [2.45, 2.75) is 64.1 Å². The number of nitrogens with zero attached hydrogens (tertiary/aromatic N) is 2. The van der Waals surface area contributed by atoms with E-state index in [1.54, 1.807) is 11.3 Å². The number of aryl methyl sites for hydroxylation is 1. The summed E-state index contributed by atoms with van der Waals surface area (Å²) >= 11 is 1.80. The minimum absolute atomic E-state index is 0.0322. The van der Waals surface area contributed by atoms with Crippen molar-refractivity contribution in [2.75, 3.05) is 6.54 Å². The lowest BCUT2D eigenvalue weighted by Gasteiger charge is -2.34. The second-order valence-corrected chi connectivity index (χ2v) is 10.1. The van der Waals surface area contributed by atoms with Crippen molar-refractivity contribution >= 4 is 17.2 Å². The lowest BCUT2D eigenvalue weighted by atomic mass is 9.95. The van der Waals surface area contributed by atoms with E-state index in [1.165, 1.54) is 33.7 Å². The van der Waals surface area contributed by atoms with E-state index in [0.29, 0.717) is 6.04 Å². The number of aromatic nitrogens is 1. The molecule has 1 aromatic heterocycles. The Balaban J connectivity index is 1.20. The topological polar surface area (TPSA) is 45.2 Å². The normalized spacial score (nSPS) is 17.9. The summed E-state index contributed by atoms with van der Waals surface area (Å²) in [5.41, 5.74) is 8.04. The quantitative estimate of drug-likeness (QED) is 0.568. The van der Waals surface area contributed by atoms with Crippen LogP contribution in [0.25, 0.3) is 0 Å². The van der Waals surface area contributed by atoms with Crippen LogP contribution in [0.4, 0.5) is 0 Å². The van der Waals surface area contributed by atoms with Gasteiger partial charge >= 0.3 is 0 Å². The van der Waals surface area contributed by atoms with Crippen LogP contribution in [-0.4, -0.2) is 34.4 Å². The molecule has 1 unspecified atom stereocenters. The lowest BCUT2D eigenvalue weighted by Crippen LogP contribution is -2.39. The summed E-state index contributed by atoms with van der Waals surface area (Å²) in [7, 11) is 0. The summed E-state index contributed by atoms with van der Waals surface area (Å²) in [6.07, 6.45) is 6.39. The van der Waals surface area contributed by atoms with Gasteiger partial charge in [0.2, 0.25) is 0 Å². The van der Waals surface area contributed by atoms with Crippen molar-refractivity contribution < 1.29 is 4.79 Å². The number of hydrogen-bond donors (Lipinski definition) is 1. The standard InChI is InChI=1S/C27H31N3OS/c1-2-13-30(24-11-12-25-26(16-24)32-18-28-25)17-19-7-9-20(10-8-19)27(31)29-23-14-21-5-3-4-6-22(21)15-23/h3-10,18,23-24H,2,11-17H2,1H3,(H,29,31). The summed E-state index contributed by atoms with van der Waals surface area (Å²) in [5.74, 6) is 0.0322. The van der Waals surface area contributed by atoms with Crippen LogP contribution in [0.5, 0.6) is 0 Å². The zero-order chi connectivity index (χ0) is 21.9. The van der Waals surface area contributed by atoms with Gasteiger partial charge in [-0.25, -0.2) is 4.98 Å². The third-order valence-corrected chi connectivity index (χ3v) is 7.77. The lowest BCUT2D eigenvalue weighted by molar-refractivity contribution is 0.0938. The van der Waals surface area contributed by atoms with Crippen molar-refractivity contribution in [3.05, 3.63) is 86.9 Å². The zero-order valence-corrected chi connectivity index (χ0v) is 19.5. The van der Waals surface area contributed by atoms with Crippen molar-refractivity contribution in [2.24, 2.45) is 0 Å². The number of hydrogen-bond acceptors (Lipinski definition) is 4. The van der Waals surface area contributed by atoms with Gasteiger partial charge in [-0.15, -0.1) is 11.3 Å². The summed E-state index contributed by atoms with van der Waals surface area (Å²) in [6, 6.07) is 17.5. The molecular weight excluding hydrogens is 414 g/mol. The van der Waals surface area contributed by atoms with Crippen LogP contribution in [0, 0.1) is 0 Å². The fourth-order valence-electron chi connectivity index (χ4n) is 5.20. The van der Waals surface area contributed by atoms with E-state index in [2.05, 4.69) is 58.5 Å². The van der Waals surface area contributed by atoms with Crippen LogP contribution in [0.3, 0.4) is 0 Å². The van der Waals surface area contributed by atoms with Crippen LogP contribution in [0.2, 0.25) is 0 Å². The van der Waals surface area contributed by atoms with Gasteiger partial charge in [0.25, 0.3) is 5.91 Å². The molecule has 1 N–H and O–H groups in total. The summed E-state index contributed by atoms with van der Waals surface area (Å²) in [4.78, 5) is 21.4. The molecule has 2 aliphatic rings. The van der Waals surface area contributed by atoms with Crippen molar-refractivity contribution in [3.63, 3.8) is 0 Å². The van der Waals surface area contributed by atoms with Gasteiger partial charge in [-0.3, -0.25) is 9.69 Å². The fourth-order valence-corrected chi connectivity index (χ4v) is 6.08. The first-order valence-electron chi connectivity index (χ1n) is 11.8. The van der Waals surface area contributed by atoms with Gasteiger partial charge in [-0.05, 0) is 73.9 Å². The first kappa shape index (κ1) is 21.4. The third kappa shape index (κ3) is 4.64. The molecule has 0 radical (unpaired) electrons. The molecule has 0 saturated carbocycles. The molecule has 32 heavy (non-hydrogen) atoms. The van der Waals surface area contributed by atoms with Gasteiger partial charge in [0.1, 0.15) is 0 Å². The number of thiazole rings is 1. The van der Waals surface area contributed by atoms with E-state index >= 15 is 0 Å². The first-order valence-corrected chi connectivity index (χ1v) is 12.7. The van der Waals surface area contributed by atoms with Gasteiger partial charge < -0.3 is 5.32 Å². The average Bonchev–Trinajstić information content (AvgIpc) is 3.45. The van der Waals surface area contributed by atoms with Crippen molar-refractivity contribution in [1.29, 1.82) is 0 Å². The molecule has 1 atom stereocenters. The Hall–Kier alpha value is -2.50. The third-order valence-electron chi connectivity index (χ3n) is 6.88. The molecule has 0 spiro atoms. The Labute approximate surface area is 194 Å². The monoisotopic (exact) mass is 445 g/mol. The Bertz CT molecular complexity index is 1050. The van der Waals surface area contributed by atoms with Gasteiger partial charge in [0.05, 0.1) is 11.2 Å². The number of benzene rings is 2. The number of amides is 1. The maximum absolute atomic E-state index is 12.8. The first-order chi connectivity index (χ1) is 15.7. The molecule has 0 bridgehead atoms. The fraction of sp³-hybridized carbons (Fsp3) is 0.407. The highest BCUT2D eigenvalue weighted by molar-refractivity contribution is 7.09. The molecule has 0 aliphatic heterocycles. The Morgan fingerprint density at radius 3 is 2.56 bits per heavy atom. The SMILES string of the molecule is CCCN(Cc1ccc(C(=O)NC2Cc3ccccc3C2)cc1)C1CCc2ncsc2C1. The largest absolute Gasteiger partial charge is 0.349 e. The molecule has 1 amide bonds. The molecule has 2 aliphatic carbocycles. The average molecular weight is 446 g/mol. The molecule has 5 heteroatoms. The Morgan fingerprint density at radius 1 is 1.09 bits per heavy atom. The number of rotatable bonds is 7. The molecule has 5 rings (SSSR count). The highest BCUT2D eigenvalue weighted by atomic mass is 32.1. The van der Waals surface area contributed by atoms with Gasteiger partial charge in [-0.1, -0.05) is 43.3 Å². The molecule has 0 fully saturated rings. The zero-order valence-electron chi connectivity index (χ0n) is 18.7. The van der Waals surface area contributed by atoms with E-state index in [0.717, 1.165) is 50.8 Å². The van der Waals surface area contributed by atoms with Crippen molar-refractivity contribution in [1.82, 2.24) is 15.2 Å². The molecule has 2 aromatic carbocycles. The second-order valence-electron chi connectivity index (χ2n) is 9.13. The van der Waals surface area contributed by atoms with E-state index in [9.17, 15) is 4.79 Å². The number of carbonyl (C=O) groups excluding carboxylic acids is 1. The summed E-state index contributed by atoms with van der Waals surface area (Å²) in [6.45, 7) is 4.29. The van der Waals surface area contributed by atoms with Crippen LogP contribution in [0.15, 0.2) is 54.0 Å². The molecule has 4 nitrogen and oxygen atoms in total. The van der Waals surface area contributed by atoms with E-state index in [-0.39, 0.29) is 11.9 Å².